The summed E-state index contributed by atoms with van der Waals surface area (Å²) in [6, 6.07) is 22.5. The number of likely N-dealkylation sites (N-methyl/N-ethyl adjacent to an activating group) is 1. The molecular weight excluding hydrogens is 449 g/mol. The van der Waals surface area contributed by atoms with E-state index in [0.717, 1.165) is 11.1 Å². The molecule has 0 aliphatic rings. The second kappa shape index (κ2) is 13.0. The van der Waals surface area contributed by atoms with Crippen molar-refractivity contribution in [1.82, 2.24) is 10.8 Å². The summed E-state index contributed by atoms with van der Waals surface area (Å²) in [5.74, 6) is 0.00293. The van der Waals surface area contributed by atoms with Crippen LogP contribution in [0.2, 0.25) is 0 Å². The SMILES string of the molecule is CNC(=O)/C(=N/OC)c1ccccc1CONC(C)c1cccc(O/C(F)=C\c2ccccc2)c1. The zero-order valence-corrected chi connectivity index (χ0v) is 19.8. The Kier molecular flexibility index (Phi) is 9.53. The maximum absolute atomic E-state index is 14.3. The lowest BCUT2D eigenvalue weighted by molar-refractivity contribution is -0.114. The lowest BCUT2D eigenvalue weighted by atomic mass is 10.0. The summed E-state index contributed by atoms with van der Waals surface area (Å²) in [5.41, 5.74) is 6.02. The van der Waals surface area contributed by atoms with E-state index in [1.807, 2.05) is 43.3 Å². The summed E-state index contributed by atoms with van der Waals surface area (Å²) in [6.07, 6.45) is 1.33. The normalized spacial score (nSPS) is 12.7. The molecule has 0 heterocycles. The van der Waals surface area contributed by atoms with E-state index in [1.54, 1.807) is 42.5 Å². The van der Waals surface area contributed by atoms with Crippen molar-refractivity contribution in [3.63, 3.8) is 0 Å². The van der Waals surface area contributed by atoms with E-state index < -0.39 is 6.01 Å². The Morgan fingerprint density at radius 3 is 2.54 bits per heavy atom. The van der Waals surface area contributed by atoms with Crippen LogP contribution in [0.3, 0.4) is 0 Å². The number of benzene rings is 3. The number of ether oxygens (including phenoxy) is 1. The van der Waals surface area contributed by atoms with Gasteiger partial charge in [-0.2, -0.15) is 9.87 Å². The van der Waals surface area contributed by atoms with Crippen molar-refractivity contribution in [3.8, 4) is 5.75 Å². The average molecular weight is 478 g/mol. The summed E-state index contributed by atoms with van der Waals surface area (Å²) in [4.78, 5) is 22.8. The summed E-state index contributed by atoms with van der Waals surface area (Å²) in [6.45, 7) is 2.08. The molecular formula is C27H28FN3O4. The predicted molar refractivity (Wildman–Crippen MR) is 133 cm³/mol. The van der Waals surface area contributed by atoms with Gasteiger partial charge in [0.25, 0.3) is 11.9 Å². The fourth-order valence-corrected chi connectivity index (χ4v) is 3.28. The molecule has 0 saturated carbocycles. The van der Waals surface area contributed by atoms with E-state index in [1.165, 1.54) is 20.2 Å². The molecule has 1 amide bonds. The van der Waals surface area contributed by atoms with Crippen LogP contribution in [0, 0.1) is 0 Å². The second-order valence-electron chi connectivity index (χ2n) is 7.52. The van der Waals surface area contributed by atoms with Crippen molar-refractivity contribution < 1.29 is 23.6 Å². The first-order valence-electron chi connectivity index (χ1n) is 11.0. The molecule has 3 aromatic carbocycles. The Bertz CT molecular complexity index is 1180. The largest absolute Gasteiger partial charge is 0.432 e. The molecule has 3 aromatic rings. The summed E-state index contributed by atoms with van der Waals surface area (Å²) >= 11 is 0. The third-order valence-corrected chi connectivity index (χ3v) is 5.04. The first-order valence-corrected chi connectivity index (χ1v) is 11.0. The number of carbonyl (C=O) groups is 1. The van der Waals surface area contributed by atoms with Crippen LogP contribution < -0.4 is 15.5 Å². The third-order valence-electron chi connectivity index (χ3n) is 5.04. The number of carbonyl (C=O) groups excluding carboxylic acids is 1. The van der Waals surface area contributed by atoms with Crippen LogP contribution in [0.25, 0.3) is 6.08 Å². The first-order chi connectivity index (χ1) is 17.0. The molecule has 0 aliphatic carbocycles. The molecule has 0 aromatic heterocycles. The smallest absolute Gasteiger partial charge is 0.278 e. The Balaban J connectivity index is 1.63. The molecule has 0 spiro atoms. The highest BCUT2D eigenvalue weighted by atomic mass is 19.1. The Morgan fingerprint density at radius 2 is 1.80 bits per heavy atom. The average Bonchev–Trinajstić information content (AvgIpc) is 2.88. The first kappa shape index (κ1) is 25.6. The van der Waals surface area contributed by atoms with Crippen molar-refractivity contribution in [2.75, 3.05) is 14.2 Å². The fourth-order valence-electron chi connectivity index (χ4n) is 3.28. The van der Waals surface area contributed by atoms with Gasteiger partial charge < -0.3 is 14.9 Å². The molecule has 1 atom stereocenters. The molecule has 3 rings (SSSR count). The number of hydrogen-bond donors (Lipinski definition) is 2. The van der Waals surface area contributed by atoms with Crippen molar-refractivity contribution in [1.29, 1.82) is 0 Å². The van der Waals surface area contributed by atoms with Crippen LogP contribution in [0.5, 0.6) is 5.75 Å². The maximum Gasteiger partial charge on any atom is 0.278 e. The number of nitrogens with zero attached hydrogens (tertiary/aromatic N) is 1. The van der Waals surface area contributed by atoms with Crippen LogP contribution in [0.4, 0.5) is 4.39 Å². The maximum atomic E-state index is 14.3. The van der Waals surface area contributed by atoms with Crippen LogP contribution in [-0.2, 0) is 21.1 Å². The van der Waals surface area contributed by atoms with Crippen LogP contribution in [0.1, 0.15) is 35.2 Å². The van der Waals surface area contributed by atoms with Gasteiger partial charge >= 0.3 is 0 Å². The number of hydroxylamine groups is 1. The molecule has 8 heteroatoms. The van der Waals surface area contributed by atoms with Gasteiger partial charge in [-0.25, -0.2) is 0 Å². The minimum atomic E-state index is -0.702. The molecule has 35 heavy (non-hydrogen) atoms. The van der Waals surface area contributed by atoms with E-state index >= 15 is 0 Å². The predicted octanol–water partition coefficient (Wildman–Crippen LogP) is 4.91. The van der Waals surface area contributed by atoms with Crippen LogP contribution in [0.15, 0.2) is 90.0 Å². The second-order valence-corrected chi connectivity index (χ2v) is 7.52. The molecule has 2 N–H and O–H groups in total. The van der Waals surface area contributed by atoms with Gasteiger partial charge in [0, 0.05) is 18.7 Å². The van der Waals surface area contributed by atoms with Crippen molar-refractivity contribution >= 4 is 17.7 Å². The quantitative estimate of drug-likeness (QED) is 0.233. The van der Waals surface area contributed by atoms with Gasteiger partial charge in [-0.05, 0) is 35.7 Å². The molecule has 0 aliphatic heterocycles. The van der Waals surface area contributed by atoms with Gasteiger partial charge in [0.1, 0.15) is 12.9 Å². The molecule has 0 saturated heterocycles. The highest BCUT2D eigenvalue weighted by molar-refractivity contribution is 6.45. The Labute approximate surface area is 204 Å². The molecule has 7 nitrogen and oxygen atoms in total. The summed E-state index contributed by atoms with van der Waals surface area (Å²) in [7, 11) is 2.91. The van der Waals surface area contributed by atoms with E-state index in [-0.39, 0.29) is 24.3 Å². The van der Waals surface area contributed by atoms with Crippen molar-refractivity contribution in [2.45, 2.75) is 19.6 Å². The lowest BCUT2D eigenvalue weighted by Gasteiger charge is -2.16. The van der Waals surface area contributed by atoms with Gasteiger partial charge in [-0.1, -0.05) is 71.9 Å². The number of hydrogen-bond acceptors (Lipinski definition) is 6. The topological polar surface area (TPSA) is 81.2 Å². The Morgan fingerprint density at radius 1 is 1.06 bits per heavy atom. The van der Waals surface area contributed by atoms with Crippen LogP contribution in [-0.4, -0.2) is 25.8 Å². The number of amides is 1. The van der Waals surface area contributed by atoms with Gasteiger partial charge in [0.05, 0.1) is 12.6 Å². The van der Waals surface area contributed by atoms with Crippen molar-refractivity contribution in [2.24, 2.45) is 5.16 Å². The zero-order chi connectivity index (χ0) is 25.0. The minimum absolute atomic E-state index is 0.151. The lowest BCUT2D eigenvalue weighted by Crippen LogP contribution is -2.29. The minimum Gasteiger partial charge on any atom is -0.432 e. The van der Waals surface area contributed by atoms with Gasteiger partial charge in [-0.15, -0.1) is 0 Å². The van der Waals surface area contributed by atoms with Gasteiger partial charge in [-0.3, -0.25) is 9.63 Å². The molecule has 0 bridgehead atoms. The van der Waals surface area contributed by atoms with Crippen LogP contribution >= 0.6 is 0 Å². The highest BCUT2D eigenvalue weighted by Crippen LogP contribution is 2.22. The van der Waals surface area contributed by atoms with Gasteiger partial charge in [0.2, 0.25) is 0 Å². The van der Waals surface area contributed by atoms with Gasteiger partial charge in [0.15, 0.2) is 5.71 Å². The van der Waals surface area contributed by atoms with Crippen molar-refractivity contribution in [3.05, 3.63) is 107 Å². The molecule has 182 valence electrons. The van der Waals surface area contributed by atoms with E-state index in [2.05, 4.69) is 16.0 Å². The standard InChI is InChI=1S/C27H28FN3O4/c1-19(21-13-9-14-23(17-21)35-25(28)16-20-10-5-4-6-11-20)30-34-18-22-12-7-8-15-24(22)26(31-33-3)27(32)29-2/h4-17,19,30H,18H2,1-3H3,(H,29,32)/b25-16-,31-26+. The monoisotopic (exact) mass is 477 g/mol. The Hall–Kier alpha value is -4.01. The molecule has 0 fully saturated rings. The molecule has 0 radical (unpaired) electrons. The number of oxime groups is 1. The molecule has 1 unspecified atom stereocenters. The highest BCUT2D eigenvalue weighted by Gasteiger charge is 2.17. The summed E-state index contributed by atoms with van der Waals surface area (Å²) in [5, 5.41) is 6.41. The zero-order valence-electron chi connectivity index (χ0n) is 19.8. The van der Waals surface area contributed by atoms with E-state index in [9.17, 15) is 9.18 Å². The third kappa shape index (κ3) is 7.49. The van der Waals surface area contributed by atoms with E-state index in [0.29, 0.717) is 16.9 Å². The van der Waals surface area contributed by atoms with E-state index in [4.69, 9.17) is 14.4 Å². The number of nitrogens with one attached hydrogen (secondary N) is 2. The fraction of sp³-hybridized carbons (Fsp3) is 0.185. The number of rotatable bonds is 11. The number of halogens is 1. The summed E-state index contributed by atoms with van der Waals surface area (Å²) < 4.78 is 19.6.